The highest BCUT2D eigenvalue weighted by Crippen LogP contribution is 2.16. The van der Waals surface area contributed by atoms with E-state index >= 15 is 0 Å². The van der Waals surface area contributed by atoms with Crippen molar-refractivity contribution < 1.29 is 9.53 Å². The summed E-state index contributed by atoms with van der Waals surface area (Å²) in [6, 6.07) is 0. The first-order valence-electron chi connectivity index (χ1n) is 4.19. The highest BCUT2D eigenvalue weighted by Gasteiger charge is 2.13. The fraction of sp³-hybridized carbons (Fsp3) is 0.875. The van der Waals surface area contributed by atoms with Crippen molar-refractivity contribution in [1.82, 2.24) is 0 Å². The average molecular weight is 157 g/mol. The molecule has 11 heavy (non-hydrogen) atoms. The minimum Gasteiger partial charge on any atom is -0.378 e. The Hall–Kier alpha value is -0.570. The second-order valence-electron chi connectivity index (χ2n) is 2.99. The van der Waals surface area contributed by atoms with Crippen molar-refractivity contribution in [2.75, 3.05) is 6.61 Å². The molecule has 64 valence electrons. The molecule has 3 heteroatoms. The molecule has 0 aromatic carbocycles. The zero-order valence-corrected chi connectivity index (χ0v) is 6.71. The van der Waals surface area contributed by atoms with Crippen LogP contribution in [0.1, 0.15) is 32.1 Å². The molecule has 2 N–H and O–H groups in total. The zero-order chi connectivity index (χ0) is 8.10. The molecule has 3 nitrogen and oxygen atoms in total. The van der Waals surface area contributed by atoms with Gasteiger partial charge in [-0.3, -0.25) is 4.79 Å². The number of carbonyl (C=O) groups excluding carboxylic acids is 1. The Morgan fingerprint density at radius 1 is 1.55 bits per heavy atom. The summed E-state index contributed by atoms with van der Waals surface area (Å²) < 4.78 is 5.42. The van der Waals surface area contributed by atoms with Gasteiger partial charge in [0.2, 0.25) is 5.91 Å². The first-order chi connectivity index (χ1) is 5.29. The van der Waals surface area contributed by atoms with Gasteiger partial charge < -0.3 is 10.5 Å². The van der Waals surface area contributed by atoms with Crippen LogP contribution in [0.2, 0.25) is 0 Å². The van der Waals surface area contributed by atoms with Gasteiger partial charge in [-0.25, -0.2) is 0 Å². The maximum Gasteiger partial charge on any atom is 0.217 e. The van der Waals surface area contributed by atoms with Gasteiger partial charge in [-0.15, -0.1) is 0 Å². The summed E-state index contributed by atoms with van der Waals surface area (Å²) in [5.74, 6) is -0.223. The summed E-state index contributed by atoms with van der Waals surface area (Å²) in [5, 5.41) is 0. The van der Waals surface area contributed by atoms with Crippen LogP contribution in [0.15, 0.2) is 0 Å². The molecule has 0 aromatic rings. The van der Waals surface area contributed by atoms with Crippen LogP contribution < -0.4 is 5.73 Å². The number of primary amides is 1. The molecule has 1 amide bonds. The first kappa shape index (κ1) is 8.53. The number of rotatable bonds is 3. The van der Waals surface area contributed by atoms with Crippen molar-refractivity contribution in [2.24, 2.45) is 5.73 Å². The predicted molar refractivity (Wildman–Crippen MR) is 42.0 cm³/mol. The monoisotopic (exact) mass is 157 g/mol. The lowest BCUT2D eigenvalue weighted by atomic mass is 10.0. The molecule has 0 bridgehead atoms. The molecule has 0 aliphatic carbocycles. The van der Waals surface area contributed by atoms with E-state index in [0.29, 0.717) is 6.42 Å². The van der Waals surface area contributed by atoms with Gasteiger partial charge in [0.05, 0.1) is 6.10 Å². The first-order valence-corrected chi connectivity index (χ1v) is 4.19. The van der Waals surface area contributed by atoms with Gasteiger partial charge in [0.25, 0.3) is 0 Å². The number of nitrogens with two attached hydrogens (primary N) is 1. The van der Waals surface area contributed by atoms with Gasteiger partial charge in [0, 0.05) is 13.0 Å². The number of hydrogen-bond donors (Lipinski definition) is 1. The fourth-order valence-corrected chi connectivity index (χ4v) is 1.34. The van der Waals surface area contributed by atoms with Crippen LogP contribution >= 0.6 is 0 Å². The quantitative estimate of drug-likeness (QED) is 0.659. The van der Waals surface area contributed by atoms with Crippen LogP contribution in [-0.2, 0) is 9.53 Å². The molecule has 1 heterocycles. The molecule has 0 spiro atoms. The number of ether oxygens (including phenoxy) is 1. The van der Waals surface area contributed by atoms with E-state index in [0.717, 1.165) is 25.9 Å². The van der Waals surface area contributed by atoms with Crippen molar-refractivity contribution >= 4 is 5.91 Å². The van der Waals surface area contributed by atoms with Gasteiger partial charge in [0.15, 0.2) is 0 Å². The Labute approximate surface area is 66.9 Å². The molecule has 1 atom stereocenters. The molecule has 1 unspecified atom stereocenters. The van der Waals surface area contributed by atoms with E-state index in [9.17, 15) is 4.79 Å². The van der Waals surface area contributed by atoms with E-state index in [-0.39, 0.29) is 12.0 Å². The van der Waals surface area contributed by atoms with Gasteiger partial charge in [-0.05, 0) is 25.7 Å². The third-order valence-electron chi connectivity index (χ3n) is 1.99. The van der Waals surface area contributed by atoms with E-state index in [1.165, 1.54) is 6.42 Å². The maximum absolute atomic E-state index is 10.4. The normalized spacial score (nSPS) is 24.9. The summed E-state index contributed by atoms with van der Waals surface area (Å²) in [6.45, 7) is 0.851. The molecule has 0 saturated carbocycles. The van der Waals surface area contributed by atoms with Crippen LogP contribution in [0.25, 0.3) is 0 Å². The zero-order valence-electron chi connectivity index (χ0n) is 6.71. The molecule has 1 rings (SSSR count). The Morgan fingerprint density at radius 2 is 2.36 bits per heavy atom. The smallest absolute Gasteiger partial charge is 0.217 e. The minimum atomic E-state index is -0.223. The van der Waals surface area contributed by atoms with E-state index in [4.69, 9.17) is 10.5 Å². The standard InChI is InChI=1S/C8H15NO2/c9-8(10)5-4-7-3-1-2-6-11-7/h7H,1-6H2,(H2,9,10). The second-order valence-corrected chi connectivity index (χ2v) is 2.99. The predicted octanol–water partition coefficient (Wildman–Crippen LogP) is 0.821. The van der Waals surface area contributed by atoms with Crippen LogP contribution in [-0.4, -0.2) is 18.6 Å². The maximum atomic E-state index is 10.4. The van der Waals surface area contributed by atoms with Crippen molar-refractivity contribution in [1.29, 1.82) is 0 Å². The van der Waals surface area contributed by atoms with Gasteiger partial charge >= 0.3 is 0 Å². The Balaban J connectivity index is 2.09. The Kier molecular flexibility index (Phi) is 3.36. The van der Waals surface area contributed by atoms with Crippen molar-refractivity contribution in [3.8, 4) is 0 Å². The lowest BCUT2D eigenvalue weighted by Gasteiger charge is -2.21. The summed E-state index contributed by atoms with van der Waals surface area (Å²) in [7, 11) is 0. The molecule has 0 aromatic heterocycles. The molecule has 1 saturated heterocycles. The minimum absolute atomic E-state index is 0.223. The van der Waals surface area contributed by atoms with Crippen LogP contribution in [0, 0.1) is 0 Å². The summed E-state index contributed by atoms with van der Waals surface area (Å²) in [4.78, 5) is 10.4. The van der Waals surface area contributed by atoms with Gasteiger partial charge in [0.1, 0.15) is 0 Å². The largest absolute Gasteiger partial charge is 0.378 e. The topological polar surface area (TPSA) is 52.3 Å². The second kappa shape index (κ2) is 4.34. The van der Waals surface area contributed by atoms with E-state index in [1.54, 1.807) is 0 Å². The Morgan fingerprint density at radius 3 is 2.91 bits per heavy atom. The molecular weight excluding hydrogens is 142 g/mol. The summed E-state index contributed by atoms with van der Waals surface area (Å²) in [6.07, 6.45) is 5.03. The fourth-order valence-electron chi connectivity index (χ4n) is 1.34. The lowest BCUT2D eigenvalue weighted by molar-refractivity contribution is -0.119. The van der Waals surface area contributed by atoms with Gasteiger partial charge in [-0.1, -0.05) is 0 Å². The SMILES string of the molecule is NC(=O)CCC1CCCCO1. The van der Waals surface area contributed by atoms with E-state index in [1.807, 2.05) is 0 Å². The third-order valence-corrected chi connectivity index (χ3v) is 1.99. The van der Waals surface area contributed by atoms with Crippen molar-refractivity contribution in [2.45, 2.75) is 38.2 Å². The van der Waals surface area contributed by atoms with Crippen molar-refractivity contribution in [3.05, 3.63) is 0 Å². The molecule has 0 radical (unpaired) electrons. The van der Waals surface area contributed by atoms with E-state index < -0.39 is 0 Å². The lowest BCUT2D eigenvalue weighted by Crippen LogP contribution is -2.21. The summed E-state index contributed by atoms with van der Waals surface area (Å²) in [5.41, 5.74) is 5.02. The Bertz CT molecular complexity index is 130. The van der Waals surface area contributed by atoms with Crippen LogP contribution in [0.5, 0.6) is 0 Å². The number of amides is 1. The van der Waals surface area contributed by atoms with Crippen LogP contribution in [0.3, 0.4) is 0 Å². The highest BCUT2D eigenvalue weighted by molar-refractivity contribution is 5.73. The molecule has 1 aliphatic rings. The summed E-state index contributed by atoms with van der Waals surface area (Å²) >= 11 is 0. The number of hydrogen-bond acceptors (Lipinski definition) is 2. The van der Waals surface area contributed by atoms with Crippen LogP contribution in [0.4, 0.5) is 0 Å². The third kappa shape index (κ3) is 3.37. The molecule has 1 fully saturated rings. The van der Waals surface area contributed by atoms with E-state index in [2.05, 4.69) is 0 Å². The van der Waals surface area contributed by atoms with Gasteiger partial charge in [-0.2, -0.15) is 0 Å². The van der Waals surface area contributed by atoms with Crippen molar-refractivity contribution in [3.63, 3.8) is 0 Å². The highest BCUT2D eigenvalue weighted by atomic mass is 16.5. The average Bonchev–Trinajstić information content (AvgIpc) is 2.03. The molecular formula is C8H15NO2. The number of carbonyl (C=O) groups is 1. The molecule has 1 aliphatic heterocycles.